The minimum atomic E-state index is 0.759. The van der Waals surface area contributed by atoms with E-state index >= 15 is 0 Å². The third kappa shape index (κ3) is 5.19. The molecule has 1 aliphatic heterocycles. The van der Waals surface area contributed by atoms with Crippen LogP contribution in [0.1, 0.15) is 18.4 Å². The Labute approximate surface area is 120 Å². The van der Waals surface area contributed by atoms with Crippen LogP contribution in [0.2, 0.25) is 0 Å². The molecule has 110 valence electrons. The molecule has 1 aliphatic rings. The van der Waals surface area contributed by atoms with Gasteiger partial charge in [-0.25, -0.2) is 0 Å². The Hall–Kier alpha value is -1.59. The van der Waals surface area contributed by atoms with Gasteiger partial charge in [0.05, 0.1) is 26.0 Å². The maximum absolute atomic E-state index is 5.71. The Morgan fingerprint density at radius 3 is 2.65 bits per heavy atom. The van der Waals surface area contributed by atoms with Crippen molar-refractivity contribution in [1.29, 1.82) is 0 Å². The van der Waals surface area contributed by atoms with E-state index in [0.717, 1.165) is 63.6 Å². The lowest BCUT2D eigenvalue weighted by atomic mass is 10.2. The first kappa shape index (κ1) is 14.8. The fourth-order valence-electron chi connectivity index (χ4n) is 2.19. The first-order valence-electron chi connectivity index (χ1n) is 7.15. The highest BCUT2D eigenvalue weighted by Crippen LogP contribution is 2.11. The zero-order valence-corrected chi connectivity index (χ0v) is 11.8. The molecule has 0 aliphatic carbocycles. The number of unbranched alkanes of at least 4 members (excludes halogenated alkanes) is 1. The zero-order valence-electron chi connectivity index (χ0n) is 11.8. The van der Waals surface area contributed by atoms with Crippen molar-refractivity contribution in [2.45, 2.75) is 12.8 Å². The molecule has 1 aromatic rings. The maximum atomic E-state index is 5.71. The molecule has 5 heteroatoms. The third-order valence-corrected chi connectivity index (χ3v) is 3.34. The molecule has 2 N–H and O–H groups in total. The highest BCUT2D eigenvalue weighted by atomic mass is 16.5. The highest BCUT2D eigenvalue weighted by molar-refractivity contribution is 5.79. The Kier molecular flexibility index (Phi) is 6.34. The van der Waals surface area contributed by atoms with E-state index in [9.17, 15) is 0 Å². The number of morpholine rings is 1. The second-order valence-corrected chi connectivity index (χ2v) is 4.86. The summed E-state index contributed by atoms with van der Waals surface area (Å²) in [7, 11) is 0. The Bertz CT molecular complexity index is 400. The number of rotatable bonds is 7. The van der Waals surface area contributed by atoms with Crippen molar-refractivity contribution >= 4 is 6.21 Å². The van der Waals surface area contributed by atoms with Crippen molar-refractivity contribution < 1.29 is 9.47 Å². The van der Waals surface area contributed by atoms with Gasteiger partial charge in [-0.05, 0) is 49.2 Å². The minimum absolute atomic E-state index is 0.759. The van der Waals surface area contributed by atoms with Gasteiger partial charge in [0.15, 0.2) is 0 Å². The minimum Gasteiger partial charge on any atom is -0.494 e. The zero-order chi connectivity index (χ0) is 14.0. The predicted octanol–water partition coefficient (Wildman–Crippen LogP) is 1.47. The van der Waals surface area contributed by atoms with Crippen molar-refractivity contribution in [3.05, 3.63) is 29.8 Å². The molecule has 0 aromatic heterocycles. The number of nitrogens with zero attached hydrogens (tertiary/aromatic N) is 2. The smallest absolute Gasteiger partial charge is 0.119 e. The Morgan fingerprint density at radius 2 is 1.95 bits per heavy atom. The molecule has 1 heterocycles. The Morgan fingerprint density at radius 1 is 1.20 bits per heavy atom. The number of benzene rings is 1. The summed E-state index contributed by atoms with van der Waals surface area (Å²) in [6, 6.07) is 7.77. The van der Waals surface area contributed by atoms with Gasteiger partial charge < -0.3 is 15.3 Å². The van der Waals surface area contributed by atoms with Crippen molar-refractivity contribution in [3.8, 4) is 5.75 Å². The summed E-state index contributed by atoms with van der Waals surface area (Å²) in [5, 5.41) is 3.49. The molecule has 0 atom stereocenters. The lowest BCUT2D eigenvalue weighted by molar-refractivity contribution is 0.0368. The molecule has 20 heavy (non-hydrogen) atoms. The van der Waals surface area contributed by atoms with Gasteiger partial charge in [0, 0.05) is 13.1 Å². The number of nitrogens with two attached hydrogens (primary N) is 1. The summed E-state index contributed by atoms with van der Waals surface area (Å²) in [4.78, 5) is 2.45. The highest BCUT2D eigenvalue weighted by Gasteiger charge is 2.08. The SMILES string of the molecule is NN=Cc1ccc(OCCCCN2CCOCC2)cc1. The van der Waals surface area contributed by atoms with Crippen molar-refractivity contribution in [3.63, 3.8) is 0 Å². The van der Waals surface area contributed by atoms with Gasteiger partial charge in [0.1, 0.15) is 5.75 Å². The molecule has 2 rings (SSSR count). The van der Waals surface area contributed by atoms with Gasteiger partial charge in [-0.2, -0.15) is 5.10 Å². The molecular weight excluding hydrogens is 254 g/mol. The lowest BCUT2D eigenvalue weighted by Crippen LogP contribution is -2.36. The average molecular weight is 277 g/mol. The van der Waals surface area contributed by atoms with Crippen LogP contribution >= 0.6 is 0 Å². The van der Waals surface area contributed by atoms with Gasteiger partial charge >= 0.3 is 0 Å². The molecule has 1 fully saturated rings. The molecule has 0 saturated carbocycles. The second kappa shape index (κ2) is 8.55. The summed E-state index contributed by atoms with van der Waals surface area (Å²) in [6.07, 6.45) is 3.85. The van der Waals surface area contributed by atoms with Crippen LogP contribution in [0, 0.1) is 0 Å². The fourth-order valence-corrected chi connectivity index (χ4v) is 2.19. The van der Waals surface area contributed by atoms with E-state index in [2.05, 4.69) is 10.0 Å². The van der Waals surface area contributed by atoms with Crippen molar-refractivity contribution in [2.24, 2.45) is 10.9 Å². The van der Waals surface area contributed by atoms with E-state index in [1.54, 1.807) is 6.21 Å². The molecule has 0 unspecified atom stereocenters. The first-order chi connectivity index (χ1) is 9.88. The molecule has 0 amide bonds. The second-order valence-electron chi connectivity index (χ2n) is 4.86. The number of ether oxygens (including phenoxy) is 2. The van der Waals surface area contributed by atoms with Crippen LogP contribution in [0.4, 0.5) is 0 Å². The van der Waals surface area contributed by atoms with Crippen LogP contribution in [0.3, 0.4) is 0 Å². The summed E-state index contributed by atoms with van der Waals surface area (Å²) in [5.74, 6) is 5.99. The third-order valence-electron chi connectivity index (χ3n) is 3.34. The van der Waals surface area contributed by atoms with Gasteiger partial charge in [-0.3, -0.25) is 4.90 Å². The predicted molar refractivity (Wildman–Crippen MR) is 80.2 cm³/mol. The average Bonchev–Trinajstić information content (AvgIpc) is 2.50. The fraction of sp³-hybridized carbons (Fsp3) is 0.533. The van der Waals surface area contributed by atoms with E-state index in [1.165, 1.54) is 0 Å². The molecule has 0 radical (unpaired) electrons. The van der Waals surface area contributed by atoms with Crippen molar-refractivity contribution in [2.75, 3.05) is 39.5 Å². The molecule has 1 aromatic carbocycles. The van der Waals surface area contributed by atoms with Crippen LogP contribution in [0.15, 0.2) is 29.4 Å². The van der Waals surface area contributed by atoms with Crippen LogP contribution in [0.25, 0.3) is 0 Å². The summed E-state index contributed by atoms with van der Waals surface area (Å²) >= 11 is 0. The molecule has 0 bridgehead atoms. The summed E-state index contributed by atoms with van der Waals surface area (Å²) in [5.41, 5.74) is 0.979. The largest absolute Gasteiger partial charge is 0.494 e. The molecular formula is C15H23N3O2. The van der Waals surface area contributed by atoms with E-state index in [0.29, 0.717) is 0 Å². The number of hydrazone groups is 1. The topological polar surface area (TPSA) is 60.1 Å². The van der Waals surface area contributed by atoms with Gasteiger partial charge in [-0.1, -0.05) is 0 Å². The van der Waals surface area contributed by atoms with Gasteiger partial charge in [0.25, 0.3) is 0 Å². The maximum Gasteiger partial charge on any atom is 0.119 e. The number of hydrogen-bond acceptors (Lipinski definition) is 5. The number of hydrogen-bond donors (Lipinski definition) is 1. The molecule has 5 nitrogen and oxygen atoms in total. The standard InChI is InChI=1S/C15H23N3O2/c16-17-13-14-3-5-15(6-4-14)20-10-2-1-7-18-8-11-19-12-9-18/h3-6,13H,1-2,7-12,16H2. The van der Waals surface area contributed by atoms with Gasteiger partial charge in [0.2, 0.25) is 0 Å². The summed E-state index contributed by atoms with van der Waals surface area (Å²) < 4.78 is 11.0. The van der Waals surface area contributed by atoms with Gasteiger partial charge in [-0.15, -0.1) is 0 Å². The Balaban J connectivity index is 1.58. The van der Waals surface area contributed by atoms with Crippen molar-refractivity contribution in [1.82, 2.24) is 4.90 Å². The summed E-state index contributed by atoms with van der Waals surface area (Å²) in [6.45, 7) is 5.76. The quantitative estimate of drug-likeness (QED) is 0.355. The lowest BCUT2D eigenvalue weighted by Gasteiger charge is -2.26. The normalized spacial score (nSPS) is 16.6. The van der Waals surface area contributed by atoms with Crippen LogP contribution < -0.4 is 10.6 Å². The van der Waals surface area contributed by atoms with Crippen LogP contribution in [-0.4, -0.2) is 50.6 Å². The van der Waals surface area contributed by atoms with Crippen LogP contribution in [0.5, 0.6) is 5.75 Å². The van der Waals surface area contributed by atoms with Crippen LogP contribution in [-0.2, 0) is 4.74 Å². The van der Waals surface area contributed by atoms with E-state index in [-0.39, 0.29) is 0 Å². The monoisotopic (exact) mass is 277 g/mol. The van der Waals surface area contributed by atoms with E-state index in [1.807, 2.05) is 24.3 Å². The molecule has 1 saturated heterocycles. The van der Waals surface area contributed by atoms with E-state index < -0.39 is 0 Å². The molecule has 0 spiro atoms. The van der Waals surface area contributed by atoms with E-state index in [4.69, 9.17) is 15.3 Å². The first-order valence-corrected chi connectivity index (χ1v) is 7.15.